The minimum atomic E-state index is -0.968. The summed E-state index contributed by atoms with van der Waals surface area (Å²) in [4.78, 5) is 27.8. The molecular formula is C22H14Cl2FNO4S. The van der Waals surface area contributed by atoms with Gasteiger partial charge in [0.15, 0.2) is 0 Å². The van der Waals surface area contributed by atoms with E-state index in [1.54, 1.807) is 17.5 Å². The van der Waals surface area contributed by atoms with Crippen molar-refractivity contribution < 1.29 is 23.8 Å². The lowest BCUT2D eigenvalue weighted by atomic mass is 9.99. The summed E-state index contributed by atoms with van der Waals surface area (Å²) in [5.74, 6) is -2.76. The number of benzene rings is 2. The molecule has 0 radical (unpaired) electrons. The SMILES string of the molecule is COc1c(Cl)cc(Cl)cc1/C(O)=C1/C(=O)C(=O)N(c2cccc(F)c2)C1c1cccs1. The first-order valence-corrected chi connectivity index (χ1v) is 10.6. The number of nitrogens with zero attached hydrogens (tertiary/aromatic N) is 1. The Morgan fingerprint density at radius 2 is 1.94 bits per heavy atom. The van der Waals surface area contributed by atoms with Gasteiger partial charge in [-0.3, -0.25) is 14.5 Å². The van der Waals surface area contributed by atoms with Crippen molar-refractivity contribution in [2.45, 2.75) is 6.04 Å². The van der Waals surface area contributed by atoms with Crippen LogP contribution in [0.1, 0.15) is 16.5 Å². The fraction of sp³-hybridized carbons (Fsp3) is 0.0909. The van der Waals surface area contributed by atoms with E-state index in [0.717, 1.165) is 6.07 Å². The van der Waals surface area contributed by atoms with Crippen LogP contribution in [0.2, 0.25) is 10.0 Å². The molecule has 1 aliphatic rings. The molecule has 1 saturated heterocycles. The summed E-state index contributed by atoms with van der Waals surface area (Å²) < 4.78 is 19.2. The number of carbonyl (C=O) groups is 2. The summed E-state index contributed by atoms with van der Waals surface area (Å²) in [6.07, 6.45) is 0. The molecule has 2 heterocycles. The van der Waals surface area contributed by atoms with Gasteiger partial charge < -0.3 is 9.84 Å². The Morgan fingerprint density at radius 1 is 1.16 bits per heavy atom. The smallest absolute Gasteiger partial charge is 0.300 e. The van der Waals surface area contributed by atoms with Gasteiger partial charge in [-0.1, -0.05) is 35.3 Å². The maximum absolute atomic E-state index is 13.9. The number of anilines is 1. The Bertz CT molecular complexity index is 1230. The Labute approximate surface area is 190 Å². The first kappa shape index (κ1) is 21.4. The highest BCUT2D eigenvalue weighted by atomic mass is 35.5. The molecule has 31 heavy (non-hydrogen) atoms. The van der Waals surface area contributed by atoms with E-state index in [2.05, 4.69) is 0 Å². The molecule has 0 bridgehead atoms. The monoisotopic (exact) mass is 477 g/mol. The van der Waals surface area contributed by atoms with Crippen molar-refractivity contribution in [1.29, 1.82) is 0 Å². The summed E-state index contributed by atoms with van der Waals surface area (Å²) in [6, 6.07) is 10.7. The van der Waals surface area contributed by atoms with Crippen molar-refractivity contribution in [3.63, 3.8) is 0 Å². The third kappa shape index (κ3) is 3.69. The predicted octanol–water partition coefficient (Wildman–Crippen LogP) is 5.83. The number of rotatable bonds is 4. The van der Waals surface area contributed by atoms with Crippen LogP contribution in [0.15, 0.2) is 59.5 Å². The number of methoxy groups -OCH3 is 1. The molecule has 0 aliphatic carbocycles. The van der Waals surface area contributed by atoms with Gasteiger partial charge in [0.05, 0.1) is 23.3 Å². The van der Waals surface area contributed by atoms with Crippen LogP contribution in [-0.4, -0.2) is 23.9 Å². The van der Waals surface area contributed by atoms with Gasteiger partial charge >= 0.3 is 0 Å². The van der Waals surface area contributed by atoms with Crippen LogP contribution in [0, 0.1) is 5.82 Å². The van der Waals surface area contributed by atoms with Crippen LogP contribution >= 0.6 is 34.5 Å². The zero-order chi connectivity index (χ0) is 22.3. The van der Waals surface area contributed by atoms with Gasteiger partial charge in [-0.15, -0.1) is 11.3 Å². The molecule has 1 fully saturated rings. The lowest BCUT2D eigenvalue weighted by Crippen LogP contribution is -2.29. The third-order valence-corrected chi connectivity index (χ3v) is 6.23. The summed E-state index contributed by atoms with van der Waals surface area (Å²) >= 11 is 13.6. The molecule has 3 aromatic rings. The molecule has 2 aromatic carbocycles. The minimum absolute atomic E-state index is 0.0683. The quantitative estimate of drug-likeness (QED) is 0.291. The summed E-state index contributed by atoms with van der Waals surface area (Å²) in [5.41, 5.74) is 0.0859. The van der Waals surface area contributed by atoms with E-state index < -0.39 is 29.3 Å². The van der Waals surface area contributed by atoms with Gasteiger partial charge in [-0.25, -0.2) is 4.39 Å². The van der Waals surface area contributed by atoms with Crippen LogP contribution < -0.4 is 9.64 Å². The predicted molar refractivity (Wildman–Crippen MR) is 119 cm³/mol. The van der Waals surface area contributed by atoms with E-state index in [9.17, 15) is 19.1 Å². The lowest BCUT2D eigenvalue weighted by molar-refractivity contribution is -0.132. The molecule has 1 unspecified atom stereocenters. The highest BCUT2D eigenvalue weighted by molar-refractivity contribution is 7.10. The molecule has 1 atom stereocenters. The molecule has 1 amide bonds. The summed E-state index contributed by atoms with van der Waals surface area (Å²) in [6.45, 7) is 0. The molecule has 9 heteroatoms. The average Bonchev–Trinajstić information content (AvgIpc) is 3.34. The number of ether oxygens (including phenoxy) is 1. The van der Waals surface area contributed by atoms with Gasteiger partial charge in [-0.2, -0.15) is 0 Å². The number of halogens is 3. The number of aliphatic hydroxyl groups is 1. The van der Waals surface area contributed by atoms with Crippen LogP contribution in [-0.2, 0) is 9.59 Å². The molecule has 158 valence electrons. The number of thiophene rings is 1. The zero-order valence-corrected chi connectivity index (χ0v) is 18.3. The number of aliphatic hydroxyl groups excluding tert-OH is 1. The fourth-order valence-corrected chi connectivity index (χ4v) is 4.92. The number of amides is 1. The van der Waals surface area contributed by atoms with Crippen molar-refractivity contribution in [2.24, 2.45) is 0 Å². The zero-order valence-electron chi connectivity index (χ0n) is 15.9. The second kappa shape index (κ2) is 8.34. The van der Waals surface area contributed by atoms with E-state index in [1.165, 1.54) is 53.7 Å². The van der Waals surface area contributed by atoms with Crippen molar-refractivity contribution in [3.05, 3.63) is 85.8 Å². The van der Waals surface area contributed by atoms with E-state index in [4.69, 9.17) is 27.9 Å². The number of hydrogen-bond donors (Lipinski definition) is 1. The average molecular weight is 478 g/mol. The second-order valence-electron chi connectivity index (χ2n) is 6.63. The molecule has 1 aromatic heterocycles. The van der Waals surface area contributed by atoms with Gasteiger partial charge in [0.1, 0.15) is 23.4 Å². The van der Waals surface area contributed by atoms with Gasteiger partial charge in [0.2, 0.25) is 0 Å². The summed E-state index contributed by atoms with van der Waals surface area (Å²) in [7, 11) is 1.36. The number of hydrogen-bond acceptors (Lipinski definition) is 5. The second-order valence-corrected chi connectivity index (χ2v) is 8.46. The Kier molecular flexibility index (Phi) is 5.75. The van der Waals surface area contributed by atoms with Crippen molar-refractivity contribution >= 4 is 57.7 Å². The van der Waals surface area contributed by atoms with Crippen LogP contribution in [0.4, 0.5) is 10.1 Å². The largest absolute Gasteiger partial charge is 0.507 e. The van der Waals surface area contributed by atoms with Crippen LogP contribution in [0.25, 0.3) is 5.76 Å². The van der Waals surface area contributed by atoms with E-state index in [0.29, 0.717) is 4.88 Å². The lowest BCUT2D eigenvalue weighted by Gasteiger charge is -2.24. The van der Waals surface area contributed by atoms with Crippen LogP contribution in [0.5, 0.6) is 5.75 Å². The van der Waals surface area contributed by atoms with Crippen molar-refractivity contribution in [3.8, 4) is 5.75 Å². The maximum atomic E-state index is 13.9. The van der Waals surface area contributed by atoms with Gasteiger partial charge in [0, 0.05) is 15.6 Å². The van der Waals surface area contributed by atoms with Gasteiger partial charge in [-0.05, 0) is 41.8 Å². The third-order valence-electron chi connectivity index (χ3n) is 4.81. The maximum Gasteiger partial charge on any atom is 0.300 e. The normalized spacial score (nSPS) is 17.9. The molecular weight excluding hydrogens is 464 g/mol. The number of ketones is 1. The summed E-state index contributed by atoms with van der Waals surface area (Å²) in [5, 5.41) is 13.3. The highest BCUT2D eigenvalue weighted by Gasteiger charge is 2.47. The molecule has 1 aliphatic heterocycles. The van der Waals surface area contributed by atoms with E-state index >= 15 is 0 Å². The molecule has 0 spiro atoms. The van der Waals surface area contributed by atoms with Gasteiger partial charge in [0.25, 0.3) is 11.7 Å². The van der Waals surface area contributed by atoms with E-state index in [1.807, 2.05) is 0 Å². The first-order chi connectivity index (χ1) is 14.8. The topological polar surface area (TPSA) is 66.8 Å². The molecule has 5 nitrogen and oxygen atoms in total. The minimum Gasteiger partial charge on any atom is -0.507 e. The van der Waals surface area contributed by atoms with Crippen molar-refractivity contribution in [1.82, 2.24) is 0 Å². The fourth-order valence-electron chi connectivity index (χ4n) is 3.53. The molecule has 4 rings (SSSR count). The number of carbonyl (C=O) groups excluding carboxylic acids is 2. The standard InChI is InChI=1S/C22H14Cl2FNO4S/c1-30-21-14(8-11(23)9-15(21)24)19(27)17-18(16-6-3-7-31-16)26(22(29)20(17)28)13-5-2-4-12(25)10-13/h2-10,18,27H,1H3/b19-17-. The van der Waals surface area contributed by atoms with Crippen molar-refractivity contribution in [2.75, 3.05) is 12.0 Å². The highest BCUT2D eigenvalue weighted by Crippen LogP contribution is 2.45. The Hall–Kier alpha value is -2.87. The number of Topliss-reactive ketones (excluding diaryl/α,β-unsaturated/α-hetero) is 1. The first-order valence-electron chi connectivity index (χ1n) is 8.97. The van der Waals surface area contributed by atoms with Crippen LogP contribution in [0.3, 0.4) is 0 Å². The Morgan fingerprint density at radius 3 is 2.58 bits per heavy atom. The van der Waals surface area contributed by atoms with E-state index in [-0.39, 0.29) is 32.6 Å². The Balaban J connectivity index is 1.99. The molecule has 1 N–H and O–H groups in total. The molecule has 0 saturated carbocycles.